The van der Waals surface area contributed by atoms with Crippen molar-refractivity contribution in [2.75, 3.05) is 20.7 Å². The van der Waals surface area contributed by atoms with Crippen molar-refractivity contribution in [1.82, 2.24) is 4.90 Å². The van der Waals surface area contributed by atoms with Crippen molar-refractivity contribution < 1.29 is 19.4 Å². The zero-order valence-electron chi connectivity index (χ0n) is 12.8. The first-order chi connectivity index (χ1) is 9.77. The highest BCUT2D eigenvalue weighted by atomic mass is 35.5. The minimum atomic E-state index is -0.723. The molecule has 5 nitrogen and oxygen atoms in total. The van der Waals surface area contributed by atoms with Crippen LogP contribution in [0.4, 0.5) is 4.79 Å². The summed E-state index contributed by atoms with van der Waals surface area (Å²) in [6.07, 6.45) is 0. The van der Waals surface area contributed by atoms with Crippen molar-refractivity contribution in [2.45, 2.75) is 20.5 Å². The van der Waals surface area contributed by atoms with E-state index in [0.717, 1.165) is 5.56 Å². The SMILES string of the molecule is CC(C)COC(=O)Cl.CN(C)C(=O)c1ccc(CO)cc1. The molecule has 0 spiro atoms. The van der Waals surface area contributed by atoms with Gasteiger partial charge in [0.25, 0.3) is 5.91 Å². The third-order valence-electron chi connectivity index (χ3n) is 2.32. The quantitative estimate of drug-likeness (QED) is 0.868. The van der Waals surface area contributed by atoms with Gasteiger partial charge in [-0.15, -0.1) is 0 Å². The number of nitrogens with zero attached hydrogens (tertiary/aromatic N) is 1. The molecule has 0 unspecified atom stereocenters. The van der Waals surface area contributed by atoms with Crippen LogP contribution in [0.25, 0.3) is 0 Å². The molecule has 118 valence electrons. The van der Waals surface area contributed by atoms with E-state index in [0.29, 0.717) is 18.1 Å². The lowest BCUT2D eigenvalue weighted by molar-refractivity contribution is 0.0827. The van der Waals surface area contributed by atoms with E-state index in [1.54, 1.807) is 38.4 Å². The van der Waals surface area contributed by atoms with Gasteiger partial charge in [0.05, 0.1) is 13.2 Å². The third kappa shape index (κ3) is 9.05. The first-order valence-electron chi connectivity index (χ1n) is 6.51. The molecule has 1 rings (SSSR count). The van der Waals surface area contributed by atoms with E-state index in [9.17, 15) is 9.59 Å². The first-order valence-corrected chi connectivity index (χ1v) is 6.89. The molecule has 0 fully saturated rings. The minimum Gasteiger partial charge on any atom is -0.453 e. The van der Waals surface area contributed by atoms with Crippen LogP contribution in [-0.4, -0.2) is 42.0 Å². The molecule has 0 aliphatic carbocycles. The van der Waals surface area contributed by atoms with E-state index in [4.69, 9.17) is 16.7 Å². The number of aliphatic hydroxyl groups excluding tert-OH is 1. The van der Waals surface area contributed by atoms with Crippen molar-refractivity contribution in [3.05, 3.63) is 35.4 Å². The van der Waals surface area contributed by atoms with Crippen LogP contribution < -0.4 is 0 Å². The van der Waals surface area contributed by atoms with Crippen LogP contribution in [0.5, 0.6) is 0 Å². The maximum Gasteiger partial charge on any atom is 0.403 e. The normalized spacial score (nSPS) is 9.67. The molecule has 0 atom stereocenters. The molecule has 0 heterocycles. The molecular formula is C15H22ClNO4. The van der Waals surface area contributed by atoms with Crippen LogP contribution in [0.1, 0.15) is 29.8 Å². The van der Waals surface area contributed by atoms with Crippen molar-refractivity contribution >= 4 is 22.9 Å². The molecule has 0 aliphatic rings. The van der Waals surface area contributed by atoms with Crippen LogP contribution in [0.3, 0.4) is 0 Å². The summed E-state index contributed by atoms with van der Waals surface area (Å²) in [7, 11) is 3.42. The van der Waals surface area contributed by atoms with Gasteiger partial charge in [-0.3, -0.25) is 4.79 Å². The number of ether oxygens (including phenoxy) is 1. The molecule has 6 heteroatoms. The second-order valence-corrected chi connectivity index (χ2v) is 5.31. The summed E-state index contributed by atoms with van der Waals surface area (Å²) < 4.78 is 4.43. The van der Waals surface area contributed by atoms with Crippen LogP contribution in [-0.2, 0) is 11.3 Å². The van der Waals surface area contributed by atoms with Crippen molar-refractivity contribution in [3.8, 4) is 0 Å². The Morgan fingerprint density at radius 3 is 2.05 bits per heavy atom. The molecule has 0 radical (unpaired) electrons. The molecule has 1 aromatic rings. The molecule has 0 aromatic heterocycles. The predicted octanol–water partition coefficient (Wildman–Crippen LogP) is 2.90. The van der Waals surface area contributed by atoms with Gasteiger partial charge in [-0.1, -0.05) is 26.0 Å². The Morgan fingerprint density at radius 2 is 1.76 bits per heavy atom. The van der Waals surface area contributed by atoms with E-state index in [1.807, 2.05) is 13.8 Å². The number of carbonyl (C=O) groups excluding carboxylic acids is 2. The maximum absolute atomic E-state index is 11.4. The summed E-state index contributed by atoms with van der Waals surface area (Å²) in [6.45, 7) is 4.30. The van der Waals surface area contributed by atoms with Gasteiger partial charge in [0, 0.05) is 31.3 Å². The molecule has 0 aliphatic heterocycles. The Kier molecular flexibility index (Phi) is 9.41. The predicted molar refractivity (Wildman–Crippen MR) is 82.4 cm³/mol. The van der Waals surface area contributed by atoms with Crippen molar-refractivity contribution in [2.24, 2.45) is 5.92 Å². The van der Waals surface area contributed by atoms with Crippen LogP contribution in [0.2, 0.25) is 0 Å². The van der Waals surface area contributed by atoms with E-state index < -0.39 is 5.43 Å². The number of benzene rings is 1. The van der Waals surface area contributed by atoms with Gasteiger partial charge in [0.2, 0.25) is 0 Å². The molecule has 1 aromatic carbocycles. The zero-order chi connectivity index (χ0) is 16.4. The maximum atomic E-state index is 11.4. The molecule has 1 amide bonds. The smallest absolute Gasteiger partial charge is 0.403 e. The number of hydrogen-bond acceptors (Lipinski definition) is 4. The van der Waals surface area contributed by atoms with Crippen molar-refractivity contribution in [1.29, 1.82) is 0 Å². The van der Waals surface area contributed by atoms with E-state index >= 15 is 0 Å². The van der Waals surface area contributed by atoms with Gasteiger partial charge in [-0.05, 0) is 23.6 Å². The number of halogens is 1. The number of amides is 1. The number of rotatable bonds is 4. The van der Waals surface area contributed by atoms with Gasteiger partial charge in [-0.2, -0.15) is 0 Å². The molecule has 0 bridgehead atoms. The molecule has 21 heavy (non-hydrogen) atoms. The number of aliphatic hydroxyl groups is 1. The Hall–Kier alpha value is -1.59. The Balaban J connectivity index is 0.000000433. The summed E-state index contributed by atoms with van der Waals surface area (Å²) >= 11 is 4.86. The lowest BCUT2D eigenvalue weighted by atomic mass is 10.1. The summed E-state index contributed by atoms with van der Waals surface area (Å²) in [5, 5.41) is 8.78. The molecule has 1 N–H and O–H groups in total. The van der Waals surface area contributed by atoms with Gasteiger partial charge in [-0.25, -0.2) is 4.79 Å². The molecule has 0 saturated heterocycles. The highest BCUT2D eigenvalue weighted by molar-refractivity contribution is 6.61. The van der Waals surface area contributed by atoms with E-state index in [-0.39, 0.29) is 12.5 Å². The largest absolute Gasteiger partial charge is 0.453 e. The van der Waals surface area contributed by atoms with Gasteiger partial charge < -0.3 is 14.7 Å². The number of carbonyl (C=O) groups is 2. The molecular weight excluding hydrogens is 294 g/mol. The molecule has 0 saturated carbocycles. The van der Waals surface area contributed by atoms with Gasteiger partial charge in [0.1, 0.15) is 0 Å². The Morgan fingerprint density at radius 1 is 1.24 bits per heavy atom. The monoisotopic (exact) mass is 315 g/mol. The summed E-state index contributed by atoms with van der Waals surface area (Å²) in [4.78, 5) is 22.8. The van der Waals surface area contributed by atoms with Gasteiger partial charge in [0.15, 0.2) is 0 Å². The van der Waals surface area contributed by atoms with Crippen molar-refractivity contribution in [3.63, 3.8) is 0 Å². The van der Waals surface area contributed by atoms with Crippen LogP contribution in [0, 0.1) is 5.92 Å². The Labute approximate surface area is 130 Å². The second kappa shape index (κ2) is 10.2. The van der Waals surface area contributed by atoms with Gasteiger partial charge >= 0.3 is 5.43 Å². The summed E-state index contributed by atoms with van der Waals surface area (Å²) in [5.74, 6) is 0.335. The van der Waals surface area contributed by atoms with Crippen LogP contribution >= 0.6 is 11.6 Å². The first kappa shape index (κ1) is 19.4. The average Bonchev–Trinajstić information content (AvgIpc) is 2.45. The van der Waals surface area contributed by atoms with Crippen LogP contribution in [0.15, 0.2) is 24.3 Å². The Bertz CT molecular complexity index is 443. The fraction of sp³-hybridized carbons (Fsp3) is 0.467. The van der Waals surface area contributed by atoms with E-state index in [1.165, 1.54) is 4.90 Å². The summed E-state index contributed by atoms with van der Waals surface area (Å²) in [5.41, 5.74) is 0.733. The zero-order valence-corrected chi connectivity index (χ0v) is 13.6. The third-order valence-corrected chi connectivity index (χ3v) is 2.43. The highest BCUT2D eigenvalue weighted by Crippen LogP contribution is 2.05. The topological polar surface area (TPSA) is 66.8 Å². The van der Waals surface area contributed by atoms with E-state index in [2.05, 4.69) is 4.74 Å². The average molecular weight is 316 g/mol. The fourth-order valence-corrected chi connectivity index (χ4v) is 1.31. The fourth-order valence-electron chi connectivity index (χ4n) is 1.24. The summed E-state index contributed by atoms with van der Waals surface area (Å²) in [6, 6.07) is 6.93. The lowest BCUT2D eigenvalue weighted by Crippen LogP contribution is -2.21. The highest BCUT2D eigenvalue weighted by Gasteiger charge is 2.06. The lowest BCUT2D eigenvalue weighted by Gasteiger charge is -2.09. The standard InChI is InChI=1S/C10H13NO2.C5H9ClO2/c1-11(2)10(13)9-5-3-8(7-12)4-6-9;1-4(2)3-8-5(6)7/h3-6,12H,7H2,1-2H3;4H,3H2,1-2H3. The minimum absolute atomic E-state index is 0.0104. The second-order valence-electron chi connectivity index (χ2n) is 5.00. The number of hydrogen-bond donors (Lipinski definition) is 1.